The molecule has 0 fully saturated rings. The Kier molecular flexibility index (Phi) is 8.65. The summed E-state index contributed by atoms with van der Waals surface area (Å²) in [7, 11) is 0. The van der Waals surface area contributed by atoms with E-state index < -0.39 is 11.8 Å². The molecular weight excluding hydrogens is 288 g/mol. The molecule has 0 radical (unpaired) electrons. The quantitative estimate of drug-likeness (QED) is 0.397. The van der Waals surface area contributed by atoms with Crippen molar-refractivity contribution >= 4 is 6.16 Å². The molecule has 0 bridgehead atoms. The molecule has 23 heavy (non-hydrogen) atoms. The third-order valence-electron chi connectivity index (χ3n) is 3.13. The maximum absolute atomic E-state index is 11.7. The fourth-order valence-corrected chi connectivity index (χ4v) is 2.42. The summed E-state index contributed by atoms with van der Waals surface area (Å²) < 4.78 is 10.5. The average Bonchev–Trinajstić information content (AvgIpc) is 2.30. The molecule has 0 aromatic rings. The van der Waals surface area contributed by atoms with Gasteiger partial charge in [0.1, 0.15) is 5.60 Å². The molecule has 0 saturated heterocycles. The van der Waals surface area contributed by atoms with Crippen molar-refractivity contribution in [3.05, 3.63) is 24.3 Å². The van der Waals surface area contributed by atoms with Crippen LogP contribution in [0.25, 0.3) is 0 Å². The number of allylic oxidation sites excluding steroid dienone is 3. The molecule has 1 atom stereocenters. The van der Waals surface area contributed by atoms with Gasteiger partial charge in [-0.15, -0.1) is 0 Å². The summed E-state index contributed by atoms with van der Waals surface area (Å²) in [6, 6.07) is 0. The van der Waals surface area contributed by atoms with Gasteiger partial charge < -0.3 is 9.47 Å². The number of hydrogen-bond acceptors (Lipinski definition) is 3. The van der Waals surface area contributed by atoms with Crippen LogP contribution in [0.15, 0.2) is 24.3 Å². The van der Waals surface area contributed by atoms with E-state index in [1.807, 2.05) is 27.7 Å². The molecule has 0 aromatic carbocycles. The fourth-order valence-electron chi connectivity index (χ4n) is 2.42. The summed E-state index contributed by atoms with van der Waals surface area (Å²) in [5.74, 6) is 0.598. The fraction of sp³-hybridized carbons (Fsp3) is 0.750. The van der Waals surface area contributed by atoms with Crippen molar-refractivity contribution in [3.63, 3.8) is 0 Å². The Morgan fingerprint density at radius 1 is 1.13 bits per heavy atom. The van der Waals surface area contributed by atoms with Crippen molar-refractivity contribution < 1.29 is 14.3 Å². The normalized spacial score (nSPS) is 14.1. The maximum atomic E-state index is 11.7. The van der Waals surface area contributed by atoms with Gasteiger partial charge in [-0.1, -0.05) is 65.8 Å². The highest BCUT2D eigenvalue weighted by Gasteiger charge is 2.25. The number of ether oxygens (including phenoxy) is 2. The monoisotopic (exact) mass is 324 g/mol. The van der Waals surface area contributed by atoms with Gasteiger partial charge in [-0.2, -0.15) is 0 Å². The van der Waals surface area contributed by atoms with E-state index in [0.29, 0.717) is 18.4 Å². The Hall–Kier alpha value is -1.25. The molecule has 0 aromatic heterocycles. The lowest BCUT2D eigenvalue weighted by Gasteiger charge is -2.27. The lowest BCUT2D eigenvalue weighted by molar-refractivity contribution is -0.0278. The first-order valence-electron chi connectivity index (χ1n) is 8.52. The zero-order chi connectivity index (χ0) is 18.3. The number of carbonyl (C=O) groups is 1. The molecule has 0 saturated carbocycles. The molecule has 0 spiro atoms. The van der Waals surface area contributed by atoms with Crippen LogP contribution in [0, 0.1) is 17.3 Å². The molecule has 0 aliphatic rings. The number of carbonyl (C=O) groups excluding carboxylic acids is 1. The minimum absolute atomic E-state index is 0.243. The second-order valence-corrected chi connectivity index (χ2v) is 8.75. The predicted molar refractivity (Wildman–Crippen MR) is 97.5 cm³/mol. The van der Waals surface area contributed by atoms with Crippen LogP contribution in [0.2, 0.25) is 0 Å². The van der Waals surface area contributed by atoms with E-state index in [2.05, 4.69) is 46.4 Å². The van der Waals surface area contributed by atoms with E-state index in [1.165, 1.54) is 0 Å². The van der Waals surface area contributed by atoms with Gasteiger partial charge in [-0.3, -0.25) is 0 Å². The molecule has 3 nitrogen and oxygen atoms in total. The van der Waals surface area contributed by atoms with Crippen LogP contribution in [-0.2, 0) is 9.47 Å². The van der Waals surface area contributed by atoms with E-state index >= 15 is 0 Å². The first kappa shape index (κ1) is 21.8. The van der Waals surface area contributed by atoms with Crippen molar-refractivity contribution in [1.29, 1.82) is 0 Å². The van der Waals surface area contributed by atoms with E-state index in [9.17, 15) is 4.79 Å². The molecule has 0 N–H and O–H groups in total. The van der Waals surface area contributed by atoms with Crippen LogP contribution >= 0.6 is 0 Å². The van der Waals surface area contributed by atoms with E-state index in [4.69, 9.17) is 9.47 Å². The lowest BCUT2D eigenvalue weighted by atomic mass is 9.87. The summed E-state index contributed by atoms with van der Waals surface area (Å²) in [5.41, 5.74) is 0.815. The van der Waals surface area contributed by atoms with Gasteiger partial charge >= 0.3 is 6.16 Å². The standard InChI is InChI=1S/C20H36O3/c1-15(2)14-22-18(21)23-20(8,9)13-17(4)11-10-16(3)12-19(5,6)7/h10-11,15,17H,3,12-14H2,1-2,4-9H3/b11-10-. The van der Waals surface area contributed by atoms with Crippen molar-refractivity contribution in [1.82, 2.24) is 0 Å². The molecule has 1 unspecified atom stereocenters. The van der Waals surface area contributed by atoms with E-state index in [0.717, 1.165) is 18.4 Å². The number of rotatable bonds is 8. The minimum atomic E-state index is -0.586. The first-order chi connectivity index (χ1) is 10.3. The summed E-state index contributed by atoms with van der Waals surface area (Å²) in [4.78, 5) is 11.7. The highest BCUT2D eigenvalue weighted by atomic mass is 16.7. The van der Waals surface area contributed by atoms with Crippen molar-refractivity contribution in [2.75, 3.05) is 6.61 Å². The zero-order valence-corrected chi connectivity index (χ0v) is 16.4. The van der Waals surface area contributed by atoms with Crippen LogP contribution in [-0.4, -0.2) is 18.4 Å². The highest BCUT2D eigenvalue weighted by Crippen LogP contribution is 2.26. The molecule has 0 aliphatic carbocycles. The number of hydrogen-bond donors (Lipinski definition) is 0. The van der Waals surface area contributed by atoms with Crippen LogP contribution in [0.4, 0.5) is 4.79 Å². The zero-order valence-electron chi connectivity index (χ0n) is 16.4. The SMILES string of the molecule is C=C(/C=C\C(C)CC(C)(C)OC(=O)OCC(C)C)CC(C)(C)C. The van der Waals surface area contributed by atoms with Crippen molar-refractivity contribution in [2.24, 2.45) is 17.3 Å². The molecule has 0 heterocycles. The summed E-state index contributed by atoms with van der Waals surface area (Å²) in [5, 5.41) is 0. The molecule has 134 valence electrons. The smallest absolute Gasteiger partial charge is 0.434 e. The summed E-state index contributed by atoms with van der Waals surface area (Å²) >= 11 is 0. The van der Waals surface area contributed by atoms with E-state index in [1.54, 1.807) is 0 Å². The lowest BCUT2D eigenvalue weighted by Crippen LogP contribution is -2.30. The van der Waals surface area contributed by atoms with Crippen LogP contribution in [0.5, 0.6) is 0 Å². The molecule has 0 rings (SSSR count). The van der Waals surface area contributed by atoms with Crippen molar-refractivity contribution in [2.45, 2.75) is 73.8 Å². The van der Waals surface area contributed by atoms with Gasteiger partial charge in [0.2, 0.25) is 0 Å². The van der Waals surface area contributed by atoms with Gasteiger partial charge in [-0.05, 0) is 43.9 Å². The second-order valence-electron chi connectivity index (χ2n) is 8.75. The third kappa shape index (κ3) is 12.9. The minimum Gasteiger partial charge on any atom is -0.434 e. The third-order valence-corrected chi connectivity index (χ3v) is 3.13. The largest absolute Gasteiger partial charge is 0.508 e. The van der Waals surface area contributed by atoms with Gasteiger partial charge in [0.25, 0.3) is 0 Å². The van der Waals surface area contributed by atoms with E-state index in [-0.39, 0.29) is 5.41 Å². The Morgan fingerprint density at radius 3 is 2.17 bits per heavy atom. The van der Waals surface area contributed by atoms with Gasteiger partial charge in [0, 0.05) is 0 Å². The van der Waals surface area contributed by atoms with Gasteiger partial charge in [0.05, 0.1) is 6.61 Å². The summed E-state index contributed by atoms with van der Waals surface area (Å²) in [6.07, 6.45) is 5.35. The van der Waals surface area contributed by atoms with Crippen LogP contribution in [0.1, 0.15) is 68.2 Å². The Morgan fingerprint density at radius 2 is 1.70 bits per heavy atom. The van der Waals surface area contributed by atoms with Gasteiger partial charge in [-0.25, -0.2) is 4.79 Å². The highest BCUT2D eigenvalue weighted by molar-refractivity contribution is 5.60. The predicted octanol–water partition coefficient (Wildman–Crippen LogP) is 6.15. The maximum Gasteiger partial charge on any atom is 0.508 e. The molecule has 0 aliphatic heterocycles. The molecule has 0 amide bonds. The Labute approximate surface area is 143 Å². The van der Waals surface area contributed by atoms with Crippen LogP contribution in [0.3, 0.4) is 0 Å². The average molecular weight is 325 g/mol. The first-order valence-corrected chi connectivity index (χ1v) is 8.52. The summed E-state index contributed by atoms with van der Waals surface area (Å²) in [6.45, 7) is 21.0. The second kappa shape index (κ2) is 9.14. The molecule has 3 heteroatoms. The van der Waals surface area contributed by atoms with Crippen molar-refractivity contribution in [3.8, 4) is 0 Å². The van der Waals surface area contributed by atoms with Gasteiger partial charge in [0.15, 0.2) is 0 Å². The Bertz CT molecular complexity index is 411. The topological polar surface area (TPSA) is 35.5 Å². The van der Waals surface area contributed by atoms with Crippen LogP contribution < -0.4 is 0 Å². The Balaban J connectivity index is 4.37. The molecular formula is C20H36O3.